The number of nitrogens with one attached hydrogen (secondary N) is 1. The number of aryl methyl sites for hydroxylation is 1. The molecular weight excluding hydrogens is 452 g/mol. The first-order valence-electron chi connectivity index (χ1n) is 8.83. The molecule has 3 aromatic rings. The predicted molar refractivity (Wildman–Crippen MR) is 120 cm³/mol. The van der Waals surface area contributed by atoms with Crippen molar-refractivity contribution in [3.8, 4) is 11.4 Å². The Kier molecular flexibility index (Phi) is 7.05. The number of hydrogen-bond acceptors (Lipinski definition) is 5. The van der Waals surface area contributed by atoms with Gasteiger partial charge in [0, 0.05) is 29.8 Å². The van der Waals surface area contributed by atoms with Crippen LogP contribution < -0.4 is 5.43 Å². The van der Waals surface area contributed by atoms with E-state index in [-0.39, 0.29) is 11.7 Å². The van der Waals surface area contributed by atoms with E-state index in [1.54, 1.807) is 6.21 Å². The molecule has 0 aliphatic carbocycles. The topological polar surface area (TPSA) is 77.1 Å². The number of nitrogens with zero attached hydrogens (tertiary/aromatic N) is 5. The molecule has 0 unspecified atom stereocenters. The molecule has 0 aliphatic heterocycles. The van der Waals surface area contributed by atoms with Gasteiger partial charge < -0.3 is 4.57 Å². The SMILES string of the molecule is C=C(C)Cn1c(SCC(=O)N/N=C\c2cccn2C)nnc1-c1ccc(Br)cc1. The number of halogens is 1. The quantitative estimate of drug-likeness (QED) is 0.233. The lowest BCUT2D eigenvalue weighted by Crippen LogP contribution is -2.20. The van der Waals surface area contributed by atoms with Crippen LogP contribution in [0.1, 0.15) is 12.6 Å². The summed E-state index contributed by atoms with van der Waals surface area (Å²) in [4.78, 5) is 12.1. The number of thioether (sulfide) groups is 1. The van der Waals surface area contributed by atoms with E-state index >= 15 is 0 Å². The Balaban J connectivity index is 1.67. The van der Waals surface area contributed by atoms with Gasteiger partial charge in [-0.25, -0.2) is 5.43 Å². The average molecular weight is 473 g/mol. The fraction of sp³-hybridized carbons (Fsp3) is 0.200. The zero-order valence-corrected chi connectivity index (χ0v) is 18.6. The Morgan fingerprint density at radius 3 is 2.72 bits per heavy atom. The summed E-state index contributed by atoms with van der Waals surface area (Å²) in [5, 5.41) is 13.3. The Morgan fingerprint density at radius 1 is 1.31 bits per heavy atom. The molecule has 0 saturated heterocycles. The van der Waals surface area contributed by atoms with E-state index in [2.05, 4.69) is 43.2 Å². The lowest BCUT2D eigenvalue weighted by Gasteiger charge is -2.10. The molecule has 0 atom stereocenters. The summed E-state index contributed by atoms with van der Waals surface area (Å²) >= 11 is 4.76. The summed E-state index contributed by atoms with van der Waals surface area (Å²) < 4.78 is 4.87. The van der Waals surface area contributed by atoms with Gasteiger partial charge in [-0.05, 0) is 31.2 Å². The van der Waals surface area contributed by atoms with Gasteiger partial charge in [0.05, 0.1) is 17.7 Å². The molecule has 29 heavy (non-hydrogen) atoms. The summed E-state index contributed by atoms with van der Waals surface area (Å²) in [6.07, 6.45) is 3.52. The van der Waals surface area contributed by atoms with E-state index in [0.717, 1.165) is 27.1 Å². The molecule has 7 nitrogen and oxygen atoms in total. The first kappa shape index (κ1) is 21.1. The van der Waals surface area contributed by atoms with E-state index < -0.39 is 0 Å². The van der Waals surface area contributed by atoms with Gasteiger partial charge in [0.2, 0.25) is 0 Å². The van der Waals surface area contributed by atoms with E-state index in [1.807, 2.05) is 65.7 Å². The van der Waals surface area contributed by atoms with Crippen molar-refractivity contribution in [2.75, 3.05) is 5.75 Å². The van der Waals surface area contributed by atoms with Crippen molar-refractivity contribution in [3.63, 3.8) is 0 Å². The normalized spacial score (nSPS) is 11.1. The Bertz CT molecular complexity index is 1040. The van der Waals surface area contributed by atoms with Gasteiger partial charge in [0.25, 0.3) is 5.91 Å². The molecule has 2 aromatic heterocycles. The number of hydrogen-bond donors (Lipinski definition) is 1. The minimum Gasteiger partial charge on any atom is -0.350 e. The highest BCUT2D eigenvalue weighted by atomic mass is 79.9. The Hall–Kier alpha value is -2.65. The van der Waals surface area contributed by atoms with Crippen LogP contribution in [-0.2, 0) is 18.4 Å². The molecule has 9 heteroatoms. The largest absolute Gasteiger partial charge is 0.350 e. The van der Waals surface area contributed by atoms with Crippen molar-refractivity contribution in [2.45, 2.75) is 18.6 Å². The lowest BCUT2D eigenvalue weighted by molar-refractivity contribution is -0.118. The van der Waals surface area contributed by atoms with Crippen LogP contribution in [0, 0.1) is 0 Å². The predicted octanol–water partition coefficient (Wildman–Crippen LogP) is 3.86. The molecule has 1 N–H and O–H groups in total. The lowest BCUT2D eigenvalue weighted by atomic mass is 10.2. The van der Waals surface area contributed by atoms with Crippen molar-refractivity contribution >= 4 is 39.8 Å². The van der Waals surface area contributed by atoms with E-state index in [9.17, 15) is 4.79 Å². The number of carbonyl (C=O) groups excluding carboxylic acids is 1. The van der Waals surface area contributed by atoms with Gasteiger partial charge >= 0.3 is 0 Å². The number of amides is 1. The zero-order chi connectivity index (χ0) is 20.8. The summed E-state index contributed by atoms with van der Waals surface area (Å²) in [5.41, 5.74) is 5.36. The number of hydrazone groups is 1. The van der Waals surface area contributed by atoms with E-state index in [4.69, 9.17) is 0 Å². The molecule has 2 heterocycles. The minimum atomic E-state index is -0.212. The molecule has 0 saturated carbocycles. The van der Waals surface area contributed by atoms with E-state index in [1.165, 1.54) is 11.8 Å². The maximum Gasteiger partial charge on any atom is 0.250 e. The molecular formula is C20H21BrN6OS. The number of benzene rings is 1. The third-order valence-electron chi connectivity index (χ3n) is 3.95. The smallest absolute Gasteiger partial charge is 0.250 e. The number of allylic oxidation sites excluding steroid dienone is 1. The first-order valence-corrected chi connectivity index (χ1v) is 10.6. The molecule has 150 valence electrons. The minimum absolute atomic E-state index is 0.180. The highest BCUT2D eigenvalue weighted by Crippen LogP contribution is 2.26. The number of rotatable bonds is 8. The molecule has 3 rings (SSSR count). The first-order chi connectivity index (χ1) is 13.9. The monoisotopic (exact) mass is 472 g/mol. The van der Waals surface area contributed by atoms with Crippen LogP contribution in [0.15, 0.2) is 69.5 Å². The summed E-state index contributed by atoms with van der Waals surface area (Å²) in [6, 6.07) is 11.7. The number of aromatic nitrogens is 4. The molecule has 0 aliphatic rings. The van der Waals surface area contributed by atoms with Crippen LogP contribution in [0.5, 0.6) is 0 Å². The highest BCUT2D eigenvalue weighted by Gasteiger charge is 2.15. The molecule has 1 amide bonds. The van der Waals surface area contributed by atoms with Crippen molar-refractivity contribution in [1.29, 1.82) is 0 Å². The van der Waals surface area contributed by atoms with E-state index in [0.29, 0.717) is 11.7 Å². The van der Waals surface area contributed by atoms with Gasteiger partial charge in [0.1, 0.15) is 0 Å². The number of carbonyl (C=O) groups is 1. The maximum atomic E-state index is 12.1. The van der Waals surface area contributed by atoms with Crippen LogP contribution in [0.4, 0.5) is 0 Å². The van der Waals surface area contributed by atoms with Crippen LogP contribution in [0.25, 0.3) is 11.4 Å². The maximum absolute atomic E-state index is 12.1. The second-order valence-electron chi connectivity index (χ2n) is 6.48. The second kappa shape index (κ2) is 9.71. The van der Waals surface area contributed by atoms with Gasteiger partial charge in [0.15, 0.2) is 11.0 Å². The Morgan fingerprint density at radius 2 is 2.07 bits per heavy atom. The van der Waals surface area contributed by atoms with Gasteiger partial charge in [-0.1, -0.05) is 52.0 Å². The average Bonchev–Trinajstić information content (AvgIpc) is 3.27. The van der Waals surface area contributed by atoms with Gasteiger partial charge in [-0.15, -0.1) is 10.2 Å². The van der Waals surface area contributed by atoms with Crippen molar-refractivity contribution < 1.29 is 4.79 Å². The third-order valence-corrected chi connectivity index (χ3v) is 5.45. The summed E-state index contributed by atoms with van der Waals surface area (Å²) in [7, 11) is 1.91. The van der Waals surface area contributed by atoms with Crippen LogP contribution >= 0.6 is 27.7 Å². The molecule has 0 fully saturated rings. The molecule has 0 radical (unpaired) electrons. The van der Waals surface area contributed by atoms with Crippen molar-refractivity contribution in [3.05, 3.63) is 64.9 Å². The van der Waals surface area contributed by atoms with Crippen molar-refractivity contribution in [2.24, 2.45) is 12.1 Å². The fourth-order valence-electron chi connectivity index (χ4n) is 2.56. The zero-order valence-electron chi connectivity index (χ0n) is 16.2. The molecule has 1 aromatic carbocycles. The Labute approximate surface area is 182 Å². The van der Waals surface area contributed by atoms with Crippen LogP contribution in [0.2, 0.25) is 0 Å². The summed E-state index contributed by atoms with van der Waals surface area (Å²) in [5.74, 6) is 0.708. The highest BCUT2D eigenvalue weighted by molar-refractivity contribution is 9.10. The molecule has 0 spiro atoms. The fourth-order valence-corrected chi connectivity index (χ4v) is 3.56. The standard InChI is InChI=1S/C20H21BrN6OS/c1-14(2)12-27-19(15-6-8-16(21)9-7-15)24-25-20(27)29-13-18(28)23-22-11-17-5-4-10-26(17)3/h4-11H,1,12-13H2,2-3H3,(H,23,28)/b22-11-. The van der Waals surface area contributed by atoms with Gasteiger partial charge in [-0.2, -0.15) is 5.10 Å². The van der Waals surface area contributed by atoms with Gasteiger partial charge in [-0.3, -0.25) is 9.36 Å². The van der Waals surface area contributed by atoms with Crippen LogP contribution in [-0.4, -0.2) is 37.2 Å². The van der Waals surface area contributed by atoms with Crippen molar-refractivity contribution in [1.82, 2.24) is 24.8 Å². The third kappa shape index (κ3) is 5.68. The second-order valence-corrected chi connectivity index (χ2v) is 8.34. The van der Waals surface area contributed by atoms with Crippen LogP contribution in [0.3, 0.4) is 0 Å². The summed E-state index contributed by atoms with van der Waals surface area (Å²) in [6.45, 7) is 6.52. The molecule has 0 bridgehead atoms.